The van der Waals surface area contributed by atoms with Gasteiger partial charge in [0, 0.05) is 19.0 Å². The van der Waals surface area contributed by atoms with E-state index in [1.54, 1.807) is 19.2 Å². The highest BCUT2D eigenvalue weighted by molar-refractivity contribution is 5.84. The normalized spacial score (nSPS) is 14.7. The smallest absolute Gasteiger partial charge is 0.268 e. The highest BCUT2D eigenvalue weighted by Crippen LogP contribution is 2.29. The van der Waals surface area contributed by atoms with E-state index in [9.17, 15) is 4.79 Å². The quantitative estimate of drug-likeness (QED) is 0.237. The molecular formula is C26H30N2O4. The zero-order chi connectivity index (χ0) is 22.9. The van der Waals surface area contributed by atoms with Gasteiger partial charge in [-0.3, -0.25) is 9.63 Å². The van der Waals surface area contributed by atoms with Crippen LogP contribution < -0.4 is 5.32 Å². The maximum absolute atomic E-state index is 13.2. The van der Waals surface area contributed by atoms with Crippen molar-refractivity contribution in [3.8, 4) is 0 Å². The molecule has 1 saturated heterocycles. The molecule has 6 nitrogen and oxygen atoms in total. The monoisotopic (exact) mass is 434 g/mol. The summed E-state index contributed by atoms with van der Waals surface area (Å²) in [4.78, 5) is 18.4. The van der Waals surface area contributed by atoms with E-state index in [2.05, 4.69) is 18.5 Å². The van der Waals surface area contributed by atoms with Crippen molar-refractivity contribution >= 4 is 17.7 Å². The van der Waals surface area contributed by atoms with Gasteiger partial charge in [-0.15, -0.1) is 6.58 Å². The lowest BCUT2D eigenvalue weighted by atomic mass is 9.98. The fraction of sp³-hybridized carbons (Fsp3) is 0.269. The van der Waals surface area contributed by atoms with Crippen molar-refractivity contribution in [2.24, 2.45) is 0 Å². The lowest BCUT2D eigenvalue weighted by Crippen LogP contribution is -2.45. The van der Waals surface area contributed by atoms with E-state index in [4.69, 9.17) is 14.3 Å². The topological polar surface area (TPSA) is 63.3 Å². The first kappa shape index (κ1) is 23.3. The lowest BCUT2D eigenvalue weighted by Gasteiger charge is -2.26. The summed E-state index contributed by atoms with van der Waals surface area (Å²) in [5.74, 6) is 0.626. The summed E-state index contributed by atoms with van der Waals surface area (Å²) in [6, 6.07) is 15.3. The van der Waals surface area contributed by atoms with Crippen molar-refractivity contribution in [2.75, 3.05) is 27.4 Å². The number of carbonyl (C=O) groups excluding carboxylic acids is 1. The van der Waals surface area contributed by atoms with Crippen LogP contribution >= 0.6 is 0 Å². The number of nitrogens with one attached hydrogen (secondary N) is 1. The Bertz CT molecular complexity index is 993. The van der Waals surface area contributed by atoms with Gasteiger partial charge in [0.2, 0.25) is 0 Å². The van der Waals surface area contributed by atoms with Crippen molar-refractivity contribution < 1.29 is 19.1 Å². The molecule has 0 aliphatic carbocycles. The summed E-state index contributed by atoms with van der Waals surface area (Å²) < 4.78 is 11.2. The molecular weight excluding hydrogens is 404 g/mol. The van der Waals surface area contributed by atoms with Crippen LogP contribution in [0.25, 0.3) is 11.8 Å². The molecule has 1 N–H and O–H groups in total. The Labute approximate surface area is 189 Å². The number of ether oxygens (including phenoxy) is 2. The predicted octanol–water partition coefficient (Wildman–Crippen LogP) is 3.95. The van der Waals surface area contributed by atoms with Crippen molar-refractivity contribution in [1.29, 1.82) is 0 Å². The highest BCUT2D eigenvalue weighted by atomic mass is 16.7. The maximum atomic E-state index is 13.2. The van der Waals surface area contributed by atoms with Crippen molar-refractivity contribution in [2.45, 2.75) is 19.1 Å². The third-order valence-electron chi connectivity index (χ3n) is 5.25. The van der Waals surface area contributed by atoms with Gasteiger partial charge in [0.25, 0.3) is 5.91 Å². The standard InChI is InChI=1S/C26H30N2O4/c1-5-15-31-17-21-13-9-10-14-22(21)25(24-18-32-24)27-23(26(29)28(3)30-4)16-20-12-8-7-11-19(20)6-2/h5-14,23,27H,1-2,15-18H2,3-4H3/b25-24-/t23-/m0/s1. The van der Waals surface area contributed by atoms with Gasteiger partial charge in [0.15, 0.2) is 5.76 Å². The second kappa shape index (κ2) is 11.3. The van der Waals surface area contributed by atoms with Crippen molar-refractivity contribution in [3.05, 3.63) is 95.8 Å². The fourth-order valence-electron chi connectivity index (χ4n) is 3.45. The second-order valence-electron chi connectivity index (χ2n) is 7.37. The van der Waals surface area contributed by atoms with E-state index < -0.39 is 6.04 Å². The van der Waals surface area contributed by atoms with Gasteiger partial charge in [0.1, 0.15) is 12.6 Å². The third kappa shape index (κ3) is 5.87. The summed E-state index contributed by atoms with van der Waals surface area (Å²) in [7, 11) is 3.08. The Morgan fingerprint density at radius 2 is 1.88 bits per heavy atom. The van der Waals surface area contributed by atoms with Crippen LogP contribution in [0.4, 0.5) is 0 Å². The Morgan fingerprint density at radius 1 is 1.19 bits per heavy atom. The fourth-order valence-corrected chi connectivity index (χ4v) is 3.45. The molecule has 1 aliphatic heterocycles. The summed E-state index contributed by atoms with van der Waals surface area (Å²) in [5.41, 5.74) is 4.74. The minimum Gasteiger partial charge on any atom is -0.484 e. The van der Waals surface area contributed by atoms with Crippen LogP contribution in [-0.2, 0) is 32.1 Å². The van der Waals surface area contributed by atoms with Crippen LogP contribution in [0.2, 0.25) is 0 Å². The molecule has 0 spiro atoms. The predicted molar refractivity (Wildman–Crippen MR) is 126 cm³/mol. The van der Waals surface area contributed by atoms with Gasteiger partial charge < -0.3 is 14.8 Å². The van der Waals surface area contributed by atoms with Crippen LogP contribution in [-0.4, -0.2) is 44.4 Å². The van der Waals surface area contributed by atoms with Crippen molar-refractivity contribution in [1.82, 2.24) is 10.4 Å². The van der Waals surface area contributed by atoms with Crippen molar-refractivity contribution in [3.63, 3.8) is 0 Å². The summed E-state index contributed by atoms with van der Waals surface area (Å²) in [6.45, 7) is 9.01. The molecule has 2 aromatic rings. The molecule has 0 radical (unpaired) electrons. The lowest BCUT2D eigenvalue weighted by molar-refractivity contribution is -0.170. The Balaban J connectivity index is 1.93. The van der Waals surface area contributed by atoms with E-state index in [0.717, 1.165) is 33.7 Å². The van der Waals surface area contributed by atoms with E-state index >= 15 is 0 Å². The van der Waals surface area contributed by atoms with Crippen LogP contribution in [0.1, 0.15) is 22.3 Å². The molecule has 32 heavy (non-hydrogen) atoms. The molecule has 1 heterocycles. The molecule has 1 aliphatic rings. The molecule has 0 unspecified atom stereocenters. The second-order valence-corrected chi connectivity index (χ2v) is 7.37. The molecule has 0 bridgehead atoms. The molecule has 3 rings (SSSR count). The summed E-state index contributed by atoms with van der Waals surface area (Å²) >= 11 is 0. The molecule has 6 heteroatoms. The Hall–Kier alpha value is -3.35. The third-order valence-corrected chi connectivity index (χ3v) is 5.25. The van der Waals surface area contributed by atoms with Crippen LogP contribution in [0.3, 0.4) is 0 Å². The molecule has 0 aromatic heterocycles. The highest BCUT2D eigenvalue weighted by Gasteiger charge is 2.30. The van der Waals surface area contributed by atoms with Crippen LogP contribution in [0.15, 0.2) is 73.5 Å². The minimum atomic E-state index is -0.574. The summed E-state index contributed by atoms with van der Waals surface area (Å²) in [6.07, 6.45) is 3.98. The number of likely N-dealkylation sites (N-methyl/N-ethyl adjacent to an activating group) is 1. The molecule has 0 saturated carbocycles. The van der Waals surface area contributed by atoms with E-state index in [-0.39, 0.29) is 5.91 Å². The number of amides is 1. The molecule has 168 valence electrons. The Kier molecular flexibility index (Phi) is 8.25. The number of hydrogen-bond donors (Lipinski definition) is 1. The van der Waals surface area contributed by atoms with Gasteiger partial charge in [-0.25, -0.2) is 5.06 Å². The van der Waals surface area contributed by atoms with Gasteiger partial charge in [0.05, 0.1) is 26.0 Å². The van der Waals surface area contributed by atoms with Crippen LogP contribution in [0, 0.1) is 0 Å². The average Bonchev–Trinajstić information content (AvgIpc) is 3.67. The average molecular weight is 435 g/mol. The van der Waals surface area contributed by atoms with E-state index in [1.165, 1.54) is 12.2 Å². The van der Waals surface area contributed by atoms with Gasteiger partial charge in [-0.2, -0.15) is 0 Å². The number of nitrogens with zero attached hydrogens (tertiary/aromatic N) is 1. The number of carbonyl (C=O) groups is 1. The zero-order valence-corrected chi connectivity index (χ0v) is 18.7. The molecule has 1 amide bonds. The molecule has 2 aromatic carbocycles. The number of hydroxylamine groups is 2. The van der Waals surface area contributed by atoms with Gasteiger partial charge in [-0.05, 0) is 16.7 Å². The first-order valence-corrected chi connectivity index (χ1v) is 10.5. The van der Waals surface area contributed by atoms with E-state index in [1.807, 2.05) is 48.5 Å². The number of epoxide rings is 1. The minimum absolute atomic E-state index is 0.189. The molecule has 1 atom stereocenters. The van der Waals surface area contributed by atoms with E-state index in [0.29, 0.717) is 26.2 Å². The largest absolute Gasteiger partial charge is 0.484 e. The number of hydrogen-bond acceptors (Lipinski definition) is 5. The first-order chi connectivity index (χ1) is 15.6. The zero-order valence-electron chi connectivity index (χ0n) is 18.7. The summed E-state index contributed by atoms with van der Waals surface area (Å²) in [5, 5.41) is 4.69. The number of rotatable bonds is 12. The molecule has 1 fully saturated rings. The first-order valence-electron chi connectivity index (χ1n) is 10.5. The Morgan fingerprint density at radius 3 is 2.53 bits per heavy atom. The number of benzene rings is 2. The van der Waals surface area contributed by atoms with Gasteiger partial charge in [-0.1, -0.05) is 67.3 Å². The SMILES string of the molecule is C=CCOCc1ccccc1/C(N[C@@H](Cc1ccccc1C=C)C(=O)N(C)OC)=C1\CO1. The van der Waals surface area contributed by atoms with Crippen LogP contribution in [0.5, 0.6) is 0 Å². The van der Waals surface area contributed by atoms with Gasteiger partial charge >= 0.3 is 0 Å². The maximum Gasteiger partial charge on any atom is 0.268 e.